The molecule has 0 radical (unpaired) electrons. The topological polar surface area (TPSA) is 21.3 Å². The van der Waals surface area contributed by atoms with Gasteiger partial charge in [0.05, 0.1) is 0 Å². The minimum absolute atomic E-state index is 0.482. The van der Waals surface area contributed by atoms with E-state index >= 15 is 0 Å². The van der Waals surface area contributed by atoms with Crippen LogP contribution in [0, 0.1) is 0 Å². The van der Waals surface area contributed by atoms with E-state index in [4.69, 9.17) is 16.3 Å². The molecule has 1 aromatic rings. The lowest BCUT2D eigenvalue weighted by Crippen LogP contribution is -2.26. The van der Waals surface area contributed by atoms with Crippen molar-refractivity contribution in [2.24, 2.45) is 0 Å². The number of ether oxygens (including phenoxy) is 1. The van der Waals surface area contributed by atoms with Crippen molar-refractivity contribution in [3.63, 3.8) is 0 Å². The normalized spacial score (nSPS) is 18.5. The molecular weight excluding hydrogens is 258 g/mol. The molecule has 0 bridgehead atoms. The highest BCUT2D eigenvalue weighted by Crippen LogP contribution is 2.35. The van der Waals surface area contributed by atoms with Crippen LogP contribution in [0.1, 0.15) is 43.4 Å². The van der Waals surface area contributed by atoms with Gasteiger partial charge in [0.2, 0.25) is 0 Å². The van der Waals surface area contributed by atoms with Crippen molar-refractivity contribution >= 4 is 11.6 Å². The summed E-state index contributed by atoms with van der Waals surface area (Å²) in [6.07, 6.45) is 6.54. The number of benzene rings is 1. The van der Waals surface area contributed by atoms with Gasteiger partial charge in [-0.1, -0.05) is 30.7 Å². The second-order valence-electron chi connectivity index (χ2n) is 4.90. The summed E-state index contributed by atoms with van der Waals surface area (Å²) in [6, 6.07) is 6.86. The van der Waals surface area contributed by atoms with E-state index in [1.807, 2.05) is 6.08 Å². The molecule has 1 aliphatic carbocycles. The fourth-order valence-electron chi connectivity index (χ4n) is 2.66. The first-order chi connectivity index (χ1) is 9.36. The molecule has 1 aliphatic rings. The van der Waals surface area contributed by atoms with Gasteiger partial charge in [-0.05, 0) is 55.5 Å². The maximum atomic E-state index is 5.80. The lowest BCUT2D eigenvalue weighted by Gasteiger charge is -2.28. The van der Waals surface area contributed by atoms with Crippen LogP contribution >= 0.6 is 11.6 Å². The largest absolute Gasteiger partial charge is 0.489 e. The highest BCUT2D eigenvalue weighted by atomic mass is 35.5. The van der Waals surface area contributed by atoms with Crippen molar-refractivity contribution in [3.8, 4) is 5.75 Å². The maximum absolute atomic E-state index is 5.80. The third-order valence-corrected chi connectivity index (χ3v) is 3.71. The van der Waals surface area contributed by atoms with Crippen LogP contribution in [-0.2, 0) is 6.42 Å². The number of halogens is 1. The van der Waals surface area contributed by atoms with Crippen LogP contribution in [0.2, 0.25) is 0 Å². The molecule has 2 rings (SSSR count). The second-order valence-corrected chi connectivity index (χ2v) is 5.15. The van der Waals surface area contributed by atoms with Crippen LogP contribution in [0.25, 0.3) is 0 Å². The molecule has 19 heavy (non-hydrogen) atoms. The molecule has 1 atom stereocenters. The molecule has 0 amide bonds. The number of hydrogen-bond donors (Lipinski definition) is 1. The Balaban J connectivity index is 2.15. The molecule has 3 heteroatoms. The molecule has 1 aromatic carbocycles. The molecule has 2 nitrogen and oxygen atoms in total. The third kappa shape index (κ3) is 3.74. The highest BCUT2D eigenvalue weighted by molar-refractivity contribution is 6.25. The van der Waals surface area contributed by atoms with E-state index in [0.717, 1.165) is 18.7 Å². The molecule has 0 fully saturated rings. The Morgan fingerprint density at radius 1 is 1.47 bits per heavy atom. The quantitative estimate of drug-likeness (QED) is 0.843. The summed E-state index contributed by atoms with van der Waals surface area (Å²) in [5.41, 5.74) is 4.28. The highest BCUT2D eigenvalue weighted by Gasteiger charge is 2.21. The van der Waals surface area contributed by atoms with Gasteiger partial charge in [0.25, 0.3) is 0 Å². The van der Waals surface area contributed by atoms with Gasteiger partial charge in [-0.3, -0.25) is 0 Å². The van der Waals surface area contributed by atoms with Crippen molar-refractivity contribution in [1.82, 2.24) is 5.32 Å². The summed E-state index contributed by atoms with van der Waals surface area (Å²) in [5, 5.41) is 3.63. The summed E-state index contributed by atoms with van der Waals surface area (Å²) >= 11 is 5.52. The van der Waals surface area contributed by atoms with Gasteiger partial charge >= 0.3 is 0 Å². The third-order valence-electron chi connectivity index (χ3n) is 3.53. The molecule has 0 spiro atoms. The van der Waals surface area contributed by atoms with Crippen molar-refractivity contribution < 1.29 is 4.74 Å². The first-order valence-corrected chi connectivity index (χ1v) is 7.53. The van der Waals surface area contributed by atoms with Crippen molar-refractivity contribution in [3.05, 3.63) is 40.9 Å². The number of hydrogen-bond acceptors (Lipinski definition) is 2. The predicted octanol–water partition coefficient (Wildman–Crippen LogP) is 4.19. The maximum Gasteiger partial charge on any atom is 0.123 e. The van der Waals surface area contributed by atoms with Gasteiger partial charge in [0, 0.05) is 11.6 Å². The zero-order valence-corrected chi connectivity index (χ0v) is 12.2. The van der Waals surface area contributed by atoms with Gasteiger partial charge in [0.15, 0.2) is 0 Å². The number of nitrogens with one attached hydrogen (secondary N) is 1. The van der Waals surface area contributed by atoms with Crippen molar-refractivity contribution in [2.45, 2.75) is 38.6 Å². The Hall–Kier alpha value is -0.990. The first kappa shape index (κ1) is 14.4. The van der Waals surface area contributed by atoms with E-state index in [1.54, 1.807) is 0 Å². The van der Waals surface area contributed by atoms with Crippen LogP contribution in [0.5, 0.6) is 5.75 Å². The Kier molecular flexibility index (Phi) is 5.74. The van der Waals surface area contributed by atoms with Gasteiger partial charge in [-0.25, -0.2) is 0 Å². The van der Waals surface area contributed by atoms with Crippen LogP contribution in [-0.4, -0.2) is 13.2 Å². The van der Waals surface area contributed by atoms with Crippen LogP contribution in [0.4, 0.5) is 0 Å². The van der Waals surface area contributed by atoms with E-state index in [2.05, 4.69) is 30.4 Å². The number of rotatable bonds is 6. The van der Waals surface area contributed by atoms with Crippen molar-refractivity contribution in [2.75, 3.05) is 13.2 Å². The van der Waals surface area contributed by atoms with Crippen LogP contribution < -0.4 is 10.1 Å². The van der Waals surface area contributed by atoms with E-state index in [0.29, 0.717) is 12.6 Å². The van der Waals surface area contributed by atoms with Crippen LogP contribution in [0.15, 0.2) is 29.8 Å². The smallest absolute Gasteiger partial charge is 0.123 e. The van der Waals surface area contributed by atoms with E-state index in [9.17, 15) is 0 Å². The zero-order valence-electron chi connectivity index (χ0n) is 11.5. The molecule has 1 unspecified atom stereocenters. The second kappa shape index (κ2) is 7.56. The van der Waals surface area contributed by atoms with Gasteiger partial charge in [-0.2, -0.15) is 0 Å². The summed E-state index contributed by atoms with van der Waals surface area (Å²) < 4.78 is 5.80. The fourth-order valence-corrected chi connectivity index (χ4v) is 2.73. The summed E-state index contributed by atoms with van der Waals surface area (Å²) in [5.74, 6) is 1.01. The van der Waals surface area contributed by atoms with E-state index in [1.165, 1.54) is 35.9 Å². The summed E-state index contributed by atoms with van der Waals surface area (Å²) in [7, 11) is 0. The van der Waals surface area contributed by atoms with E-state index in [-0.39, 0.29) is 0 Å². The monoisotopic (exact) mass is 279 g/mol. The summed E-state index contributed by atoms with van der Waals surface area (Å²) in [4.78, 5) is 0. The Bertz CT molecular complexity index is 431. The van der Waals surface area contributed by atoms with E-state index < -0.39 is 0 Å². The van der Waals surface area contributed by atoms with Crippen LogP contribution in [0.3, 0.4) is 0 Å². The fraction of sp³-hybridized carbons (Fsp3) is 0.500. The molecule has 0 saturated carbocycles. The molecular formula is C16H22ClNO. The molecule has 0 aliphatic heterocycles. The molecule has 0 saturated heterocycles. The van der Waals surface area contributed by atoms with Gasteiger partial charge in [-0.15, -0.1) is 0 Å². The SMILES string of the molecule is CCCNC1CCCc2c(OCC=CCl)cccc21. The summed E-state index contributed by atoms with van der Waals surface area (Å²) in [6.45, 7) is 3.81. The molecule has 0 aromatic heterocycles. The zero-order chi connectivity index (χ0) is 13.5. The molecule has 0 heterocycles. The minimum atomic E-state index is 0.482. The lowest BCUT2D eigenvalue weighted by atomic mass is 9.87. The Morgan fingerprint density at radius 3 is 3.16 bits per heavy atom. The first-order valence-electron chi connectivity index (χ1n) is 7.10. The predicted molar refractivity (Wildman–Crippen MR) is 80.9 cm³/mol. The molecule has 104 valence electrons. The Labute approximate surface area is 120 Å². The lowest BCUT2D eigenvalue weighted by molar-refractivity contribution is 0.352. The van der Waals surface area contributed by atoms with Crippen molar-refractivity contribution in [1.29, 1.82) is 0 Å². The van der Waals surface area contributed by atoms with Gasteiger partial charge in [0.1, 0.15) is 12.4 Å². The Morgan fingerprint density at radius 2 is 2.37 bits per heavy atom. The molecule has 1 N–H and O–H groups in total. The average molecular weight is 280 g/mol. The number of fused-ring (bicyclic) bond motifs is 1. The standard InChI is InChI=1S/C16H22ClNO/c1-2-11-18-15-8-3-7-14-13(15)6-4-9-16(14)19-12-5-10-17/h4-6,9-10,15,18H,2-3,7-8,11-12H2,1H3. The van der Waals surface area contributed by atoms with Gasteiger partial charge < -0.3 is 10.1 Å². The minimum Gasteiger partial charge on any atom is -0.489 e. The average Bonchev–Trinajstić information content (AvgIpc) is 2.45.